The Labute approximate surface area is 109 Å². The minimum Gasteiger partial charge on any atom is -0.379 e. The van der Waals surface area contributed by atoms with E-state index in [9.17, 15) is 0 Å². The number of aromatic nitrogens is 4. The summed E-state index contributed by atoms with van der Waals surface area (Å²) in [7, 11) is 0. The first-order valence-corrected chi connectivity index (χ1v) is 6.84. The molecule has 2 N–H and O–H groups in total. The van der Waals surface area contributed by atoms with Crippen LogP contribution in [0.25, 0.3) is 4.96 Å². The van der Waals surface area contributed by atoms with E-state index in [4.69, 9.17) is 10.5 Å². The first-order chi connectivity index (χ1) is 8.47. The monoisotopic (exact) mass is 267 g/mol. The number of rotatable bonds is 1. The second kappa shape index (κ2) is 3.97. The molecule has 0 radical (unpaired) electrons. The van der Waals surface area contributed by atoms with E-state index < -0.39 is 0 Å². The first kappa shape index (κ1) is 12.0. The van der Waals surface area contributed by atoms with Crippen LogP contribution in [0, 0.1) is 0 Å². The molecule has 3 rings (SSSR count). The van der Waals surface area contributed by atoms with Crippen molar-refractivity contribution in [3.8, 4) is 0 Å². The van der Waals surface area contributed by atoms with Crippen molar-refractivity contribution in [2.24, 2.45) is 5.73 Å². The lowest BCUT2D eigenvalue weighted by molar-refractivity contribution is 0.191. The van der Waals surface area contributed by atoms with Crippen LogP contribution in [0.1, 0.15) is 37.5 Å². The minimum absolute atomic E-state index is 0.0342. The molecular weight excluding hydrogens is 250 g/mol. The summed E-state index contributed by atoms with van der Waals surface area (Å²) in [6, 6.07) is 0.0342. The lowest BCUT2D eigenvalue weighted by Gasteiger charge is -2.14. The molecule has 1 saturated heterocycles. The molecule has 0 spiro atoms. The second-order valence-electron chi connectivity index (χ2n) is 5.72. The lowest BCUT2D eigenvalue weighted by Crippen LogP contribution is -2.27. The van der Waals surface area contributed by atoms with Gasteiger partial charge in [-0.05, 0) is 0 Å². The van der Waals surface area contributed by atoms with E-state index in [-0.39, 0.29) is 17.4 Å². The molecule has 1 aliphatic rings. The van der Waals surface area contributed by atoms with Gasteiger partial charge in [0, 0.05) is 11.5 Å². The molecule has 2 aromatic heterocycles. The SMILES string of the molecule is CC(C)(C)c1nnc2sc(C3COCC3N)nn12. The fraction of sp³-hybridized carbons (Fsp3) is 0.727. The highest BCUT2D eigenvalue weighted by Gasteiger charge is 2.31. The number of nitrogens with two attached hydrogens (primary N) is 1. The van der Waals surface area contributed by atoms with E-state index in [1.54, 1.807) is 11.3 Å². The van der Waals surface area contributed by atoms with Gasteiger partial charge in [-0.1, -0.05) is 32.1 Å². The maximum atomic E-state index is 6.02. The summed E-state index contributed by atoms with van der Waals surface area (Å²) in [5.74, 6) is 1.07. The van der Waals surface area contributed by atoms with Crippen LogP contribution < -0.4 is 5.73 Å². The minimum atomic E-state index is -0.0704. The third-order valence-corrected chi connectivity index (χ3v) is 4.15. The molecule has 7 heteroatoms. The molecule has 0 aromatic carbocycles. The highest BCUT2D eigenvalue weighted by Crippen LogP contribution is 2.30. The van der Waals surface area contributed by atoms with Crippen molar-refractivity contribution in [2.75, 3.05) is 13.2 Å². The van der Waals surface area contributed by atoms with Crippen molar-refractivity contribution in [3.63, 3.8) is 0 Å². The molecule has 3 heterocycles. The van der Waals surface area contributed by atoms with Gasteiger partial charge in [0.1, 0.15) is 5.01 Å². The van der Waals surface area contributed by atoms with Crippen LogP contribution in [0.2, 0.25) is 0 Å². The zero-order valence-electron chi connectivity index (χ0n) is 10.8. The topological polar surface area (TPSA) is 78.3 Å². The third kappa shape index (κ3) is 1.82. The highest BCUT2D eigenvalue weighted by atomic mass is 32.1. The lowest BCUT2D eigenvalue weighted by atomic mass is 9.96. The second-order valence-corrected chi connectivity index (χ2v) is 6.70. The maximum absolute atomic E-state index is 6.02. The average Bonchev–Trinajstić information content (AvgIpc) is 2.87. The van der Waals surface area contributed by atoms with Crippen LogP contribution in [-0.4, -0.2) is 39.1 Å². The maximum Gasteiger partial charge on any atom is 0.234 e. The standard InChI is InChI=1S/C11H17N5OS/c1-11(2,3)9-13-14-10-16(9)15-8(18-10)6-4-17-5-7(6)12/h6-7H,4-5,12H2,1-3H3. The van der Waals surface area contributed by atoms with E-state index in [1.807, 2.05) is 4.52 Å². The smallest absolute Gasteiger partial charge is 0.234 e. The van der Waals surface area contributed by atoms with Crippen molar-refractivity contribution in [1.29, 1.82) is 0 Å². The van der Waals surface area contributed by atoms with Gasteiger partial charge in [-0.3, -0.25) is 0 Å². The average molecular weight is 267 g/mol. The number of ether oxygens (including phenoxy) is 1. The van der Waals surface area contributed by atoms with Crippen LogP contribution in [-0.2, 0) is 10.2 Å². The summed E-state index contributed by atoms with van der Waals surface area (Å²) in [5, 5.41) is 14.0. The van der Waals surface area contributed by atoms with Crippen LogP contribution in [0.3, 0.4) is 0 Å². The van der Waals surface area contributed by atoms with Crippen molar-refractivity contribution >= 4 is 16.3 Å². The zero-order valence-corrected chi connectivity index (χ0v) is 11.6. The fourth-order valence-electron chi connectivity index (χ4n) is 2.07. The Hall–Kier alpha value is -1.05. The summed E-state index contributed by atoms with van der Waals surface area (Å²) in [5.41, 5.74) is 5.95. The van der Waals surface area contributed by atoms with Gasteiger partial charge in [-0.25, -0.2) is 0 Å². The Morgan fingerprint density at radius 3 is 2.72 bits per heavy atom. The molecule has 0 bridgehead atoms. The quantitative estimate of drug-likeness (QED) is 0.831. The molecule has 0 amide bonds. The molecule has 2 unspecified atom stereocenters. The summed E-state index contributed by atoms with van der Waals surface area (Å²) in [6.45, 7) is 7.57. The summed E-state index contributed by atoms with van der Waals surface area (Å²) >= 11 is 1.55. The molecule has 2 aromatic rings. The molecule has 2 atom stereocenters. The number of fused-ring (bicyclic) bond motifs is 1. The van der Waals surface area contributed by atoms with Crippen molar-refractivity contribution in [3.05, 3.63) is 10.8 Å². The van der Waals surface area contributed by atoms with Gasteiger partial charge >= 0.3 is 0 Å². The normalized spacial score (nSPS) is 25.1. The van der Waals surface area contributed by atoms with E-state index in [0.29, 0.717) is 13.2 Å². The van der Waals surface area contributed by atoms with Gasteiger partial charge in [-0.15, -0.1) is 10.2 Å². The van der Waals surface area contributed by atoms with E-state index in [2.05, 4.69) is 36.1 Å². The van der Waals surface area contributed by atoms with Gasteiger partial charge in [-0.2, -0.15) is 9.61 Å². The Morgan fingerprint density at radius 2 is 2.11 bits per heavy atom. The molecule has 98 valence electrons. The Kier molecular flexibility index (Phi) is 2.65. The van der Waals surface area contributed by atoms with Gasteiger partial charge in [0.15, 0.2) is 5.82 Å². The zero-order chi connectivity index (χ0) is 12.9. The van der Waals surface area contributed by atoms with Gasteiger partial charge < -0.3 is 10.5 Å². The molecule has 18 heavy (non-hydrogen) atoms. The predicted octanol–water partition coefficient (Wildman–Crippen LogP) is 0.924. The Balaban J connectivity index is 2.04. The number of hydrogen-bond acceptors (Lipinski definition) is 6. The fourth-order valence-corrected chi connectivity index (χ4v) is 3.07. The van der Waals surface area contributed by atoms with Crippen molar-refractivity contribution in [2.45, 2.75) is 38.1 Å². The van der Waals surface area contributed by atoms with E-state index >= 15 is 0 Å². The summed E-state index contributed by atoms with van der Waals surface area (Å²) in [6.07, 6.45) is 0. The summed E-state index contributed by atoms with van der Waals surface area (Å²) in [4.78, 5) is 0.828. The van der Waals surface area contributed by atoms with Crippen molar-refractivity contribution in [1.82, 2.24) is 19.8 Å². The highest BCUT2D eigenvalue weighted by molar-refractivity contribution is 7.16. The Bertz CT molecular complexity index is 569. The summed E-state index contributed by atoms with van der Waals surface area (Å²) < 4.78 is 7.23. The molecule has 0 aliphatic carbocycles. The van der Waals surface area contributed by atoms with Crippen LogP contribution in [0.4, 0.5) is 0 Å². The van der Waals surface area contributed by atoms with Crippen molar-refractivity contribution < 1.29 is 4.74 Å². The number of nitrogens with zero attached hydrogens (tertiary/aromatic N) is 4. The molecule has 1 fully saturated rings. The van der Waals surface area contributed by atoms with Crippen LogP contribution in [0.15, 0.2) is 0 Å². The first-order valence-electron chi connectivity index (χ1n) is 6.03. The predicted molar refractivity (Wildman–Crippen MR) is 68.9 cm³/mol. The third-order valence-electron chi connectivity index (χ3n) is 3.12. The molecule has 6 nitrogen and oxygen atoms in total. The van der Waals surface area contributed by atoms with E-state index in [0.717, 1.165) is 15.8 Å². The van der Waals surface area contributed by atoms with Crippen LogP contribution >= 0.6 is 11.3 Å². The molecule has 0 saturated carbocycles. The van der Waals surface area contributed by atoms with Gasteiger partial charge in [0.25, 0.3) is 0 Å². The van der Waals surface area contributed by atoms with E-state index in [1.165, 1.54) is 0 Å². The number of hydrogen-bond donors (Lipinski definition) is 1. The van der Waals surface area contributed by atoms with Gasteiger partial charge in [0.05, 0.1) is 19.1 Å². The Morgan fingerprint density at radius 1 is 1.33 bits per heavy atom. The van der Waals surface area contributed by atoms with Crippen LogP contribution in [0.5, 0.6) is 0 Å². The largest absolute Gasteiger partial charge is 0.379 e. The molecule has 1 aliphatic heterocycles. The van der Waals surface area contributed by atoms with Gasteiger partial charge in [0.2, 0.25) is 4.96 Å². The molecular formula is C11H17N5OS.